The van der Waals surface area contributed by atoms with Gasteiger partial charge in [0, 0.05) is 24.7 Å². The molecule has 0 aromatic heterocycles. The number of hydrogen-bond donors (Lipinski definition) is 1. The minimum atomic E-state index is -2.73. The van der Waals surface area contributed by atoms with Crippen LogP contribution in [0.1, 0.15) is 73.1 Å². The van der Waals surface area contributed by atoms with Crippen LogP contribution < -0.4 is 10.4 Å². The highest BCUT2D eigenvalue weighted by Gasteiger charge is 2.53. The molecule has 3 nitrogen and oxygen atoms in total. The van der Waals surface area contributed by atoms with Crippen molar-refractivity contribution in [3.63, 3.8) is 0 Å². The van der Waals surface area contributed by atoms with Gasteiger partial charge in [0.2, 0.25) is 0 Å². The van der Waals surface area contributed by atoms with E-state index in [1.165, 1.54) is 23.2 Å². The van der Waals surface area contributed by atoms with Crippen LogP contribution in [0, 0.1) is 11.8 Å². The van der Waals surface area contributed by atoms with E-state index in [0.717, 1.165) is 25.0 Å². The second-order valence-electron chi connectivity index (χ2n) is 12.3. The van der Waals surface area contributed by atoms with Gasteiger partial charge in [0.25, 0.3) is 8.32 Å². The van der Waals surface area contributed by atoms with Crippen LogP contribution in [0.3, 0.4) is 0 Å². The monoisotopic (exact) mass is 518 g/mol. The summed E-state index contributed by atoms with van der Waals surface area (Å²) in [6.45, 7) is 15.6. The second-order valence-corrected chi connectivity index (χ2v) is 16.6. The molecule has 4 heteroatoms. The van der Waals surface area contributed by atoms with E-state index in [-0.39, 0.29) is 23.2 Å². The Morgan fingerprint density at radius 2 is 1.59 bits per heavy atom. The molecule has 1 saturated carbocycles. The molecule has 5 atom stereocenters. The van der Waals surface area contributed by atoms with E-state index in [2.05, 4.69) is 114 Å². The Morgan fingerprint density at radius 3 is 2.14 bits per heavy atom. The molecule has 1 heterocycles. The smallest absolute Gasteiger partial charge is 0.262 e. The fourth-order valence-electron chi connectivity index (χ4n) is 6.51. The molecule has 0 bridgehead atoms. The number of allylic oxidation sites excluding steroid dienone is 1. The zero-order valence-corrected chi connectivity index (χ0v) is 24.5. The number of hydrogen-bond acceptors (Lipinski definition) is 3. The SMILES string of the molecule is C=C1C[C@@H]2[C@@H](/C=C/C(C)(CCCCC)O[Si](c3ccccc3)(c3ccccc3)C(C)(C)C)[C@H](O)C[C@@H]2O1. The fraction of sp³-hybridized carbons (Fsp3) is 0.515. The van der Waals surface area contributed by atoms with Crippen LogP contribution in [0.4, 0.5) is 0 Å². The van der Waals surface area contributed by atoms with Gasteiger partial charge in [0.1, 0.15) is 6.10 Å². The average molecular weight is 519 g/mol. The van der Waals surface area contributed by atoms with Gasteiger partial charge in [-0.3, -0.25) is 0 Å². The minimum absolute atomic E-state index is 0.0671. The molecule has 1 aliphatic heterocycles. The molecule has 4 rings (SSSR count). The van der Waals surface area contributed by atoms with Crippen molar-refractivity contribution in [1.82, 2.24) is 0 Å². The summed E-state index contributed by atoms with van der Waals surface area (Å²) < 4.78 is 13.6. The van der Waals surface area contributed by atoms with Gasteiger partial charge in [-0.15, -0.1) is 0 Å². The molecule has 37 heavy (non-hydrogen) atoms. The summed E-state index contributed by atoms with van der Waals surface area (Å²) in [4.78, 5) is 0. The largest absolute Gasteiger partial charge is 0.495 e. The van der Waals surface area contributed by atoms with Gasteiger partial charge in [-0.2, -0.15) is 0 Å². The molecular formula is C33H46O3Si. The molecule has 1 saturated heterocycles. The standard InChI is InChI=1S/C33H46O3Si/c1-7-8-15-21-33(6,22-20-28-29-23-25(2)35-31(29)24-30(28)34)36-37(32(3,4)5,26-16-11-9-12-17-26)27-18-13-10-14-19-27/h9-14,16-20,22,28-31,34H,2,7-8,15,21,23-24H2,1,3-6H3/b22-20+/t28-,29-,30-,31+,33?/m1/s1. The predicted octanol–water partition coefficient (Wildman–Crippen LogP) is 6.76. The Balaban J connectivity index is 1.77. The molecule has 2 fully saturated rings. The van der Waals surface area contributed by atoms with Crippen LogP contribution in [0.2, 0.25) is 5.04 Å². The normalized spacial score (nSPS) is 25.7. The summed E-state index contributed by atoms with van der Waals surface area (Å²) in [5, 5.41) is 13.4. The third kappa shape index (κ3) is 5.82. The van der Waals surface area contributed by atoms with Gasteiger partial charge >= 0.3 is 0 Å². The first-order chi connectivity index (χ1) is 17.6. The molecule has 2 aromatic carbocycles. The highest BCUT2D eigenvalue weighted by atomic mass is 28.4. The Labute approximate surface area is 225 Å². The van der Waals surface area contributed by atoms with Crippen LogP contribution in [-0.4, -0.2) is 31.2 Å². The zero-order chi connectivity index (χ0) is 26.7. The number of benzene rings is 2. The lowest BCUT2D eigenvalue weighted by Crippen LogP contribution is -2.69. The van der Waals surface area contributed by atoms with Crippen LogP contribution in [0.25, 0.3) is 0 Å². The summed E-state index contributed by atoms with van der Waals surface area (Å²) in [5.41, 5.74) is -0.464. The molecule has 1 aliphatic carbocycles. The lowest BCUT2D eigenvalue weighted by molar-refractivity contribution is 0.107. The topological polar surface area (TPSA) is 38.7 Å². The van der Waals surface area contributed by atoms with Crippen LogP contribution in [0.15, 0.2) is 85.2 Å². The van der Waals surface area contributed by atoms with E-state index in [1.807, 2.05) is 0 Å². The molecule has 200 valence electrons. The Morgan fingerprint density at radius 1 is 1.00 bits per heavy atom. The third-order valence-electron chi connectivity index (χ3n) is 8.42. The number of ether oxygens (including phenoxy) is 1. The highest BCUT2D eigenvalue weighted by molar-refractivity contribution is 6.99. The molecule has 1 N–H and O–H groups in total. The average Bonchev–Trinajstić information content (AvgIpc) is 3.36. The molecule has 0 spiro atoms. The van der Waals surface area contributed by atoms with Crippen molar-refractivity contribution in [1.29, 1.82) is 0 Å². The maximum absolute atomic E-state index is 10.9. The maximum Gasteiger partial charge on any atom is 0.262 e. The Bertz CT molecular complexity index is 1020. The summed E-state index contributed by atoms with van der Waals surface area (Å²) in [6, 6.07) is 21.8. The van der Waals surface area contributed by atoms with Crippen molar-refractivity contribution >= 4 is 18.7 Å². The molecule has 0 radical (unpaired) electrons. The fourth-order valence-corrected chi connectivity index (χ4v) is 11.3. The summed E-state index contributed by atoms with van der Waals surface area (Å²) >= 11 is 0. The molecule has 2 aliphatic rings. The van der Waals surface area contributed by atoms with Gasteiger partial charge in [-0.25, -0.2) is 0 Å². The third-order valence-corrected chi connectivity index (χ3v) is 13.6. The summed E-state index contributed by atoms with van der Waals surface area (Å²) in [6.07, 6.45) is 10.2. The van der Waals surface area contributed by atoms with Crippen LogP contribution >= 0.6 is 0 Å². The number of aliphatic hydroxyl groups excluding tert-OH is 1. The van der Waals surface area contributed by atoms with Gasteiger partial charge in [0.05, 0.1) is 17.5 Å². The number of fused-ring (bicyclic) bond motifs is 1. The molecular weight excluding hydrogens is 472 g/mol. The van der Waals surface area contributed by atoms with Crippen molar-refractivity contribution in [2.75, 3.05) is 0 Å². The highest BCUT2D eigenvalue weighted by Crippen LogP contribution is 2.46. The molecule has 1 unspecified atom stereocenters. The minimum Gasteiger partial charge on any atom is -0.495 e. The predicted molar refractivity (Wildman–Crippen MR) is 157 cm³/mol. The quantitative estimate of drug-likeness (QED) is 0.215. The van der Waals surface area contributed by atoms with Gasteiger partial charge in [0.15, 0.2) is 0 Å². The first-order valence-electron chi connectivity index (χ1n) is 14.1. The Kier molecular flexibility index (Phi) is 8.52. The van der Waals surface area contributed by atoms with E-state index < -0.39 is 13.9 Å². The molecule has 0 amide bonds. The Hall–Kier alpha value is -2.14. The second kappa shape index (κ2) is 11.3. The number of aliphatic hydroxyl groups is 1. The van der Waals surface area contributed by atoms with E-state index in [9.17, 15) is 5.11 Å². The zero-order valence-electron chi connectivity index (χ0n) is 23.5. The van der Waals surface area contributed by atoms with E-state index >= 15 is 0 Å². The number of unbranched alkanes of at least 4 members (excludes halogenated alkanes) is 2. The summed E-state index contributed by atoms with van der Waals surface area (Å²) in [7, 11) is -2.73. The lowest BCUT2D eigenvalue weighted by atomic mass is 9.89. The van der Waals surface area contributed by atoms with Crippen LogP contribution in [0.5, 0.6) is 0 Å². The first kappa shape index (κ1) is 27.9. The van der Waals surface area contributed by atoms with E-state index in [4.69, 9.17) is 9.16 Å². The van der Waals surface area contributed by atoms with Crippen molar-refractivity contribution in [3.8, 4) is 0 Å². The van der Waals surface area contributed by atoms with Gasteiger partial charge < -0.3 is 14.3 Å². The van der Waals surface area contributed by atoms with Gasteiger partial charge in [-0.05, 0) is 28.8 Å². The molecule has 2 aromatic rings. The van der Waals surface area contributed by atoms with Crippen molar-refractivity contribution in [2.45, 2.75) is 96.0 Å². The van der Waals surface area contributed by atoms with Gasteiger partial charge in [-0.1, -0.05) is 126 Å². The van der Waals surface area contributed by atoms with E-state index in [0.29, 0.717) is 12.3 Å². The van der Waals surface area contributed by atoms with Crippen molar-refractivity contribution < 1.29 is 14.3 Å². The van der Waals surface area contributed by atoms with Crippen molar-refractivity contribution in [3.05, 3.63) is 85.2 Å². The van der Waals surface area contributed by atoms with Crippen LogP contribution in [-0.2, 0) is 9.16 Å². The van der Waals surface area contributed by atoms with Crippen molar-refractivity contribution in [2.24, 2.45) is 11.8 Å². The summed E-state index contributed by atoms with van der Waals surface area (Å²) in [5.74, 6) is 1.22. The lowest BCUT2D eigenvalue weighted by Gasteiger charge is -2.48. The first-order valence-corrected chi connectivity index (χ1v) is 16.0. The maximum atomic E-state index is 10.9. The van der Waals surface area contributed by atoms with E-state index in [1.54, 1.807) is 0 Å². The number of rotatable bonds is 10.